The topological polar surface area (TPSA) is 20.2 Å². The van der Waals surface area contributed by atoms with Gasteiger partial charge in [0, 0.05) is 21.4 Å². The van der Waals surface area contributed by atoms with Crippen LogP contribution in [0.25, 0.3) is 0 Å². The first kappa shape index (κ1) is 13.1. The number of aliphatic hydroxyl groups excluding tert-OH is 1. The predicted molar refractivity (Wildman–Crippen MR) is 64.1 cm³/mol. The van der Waals surface area contributed by atoms with E-state index in [2.05, 4.69) is 0 Å². The summed E-state index contributed by atoms with van der Waals surface area (Å²) in [5, 5.41) is 9.98. The summed E-state index contributed by atoms with van der Waals surface area (Å²) in [5.41, 5.74) is -0.251. The Morgan fingerprint density at radius 2 is 1.78 bits per heavy atom. The molecular weight excluding hydrogens is 261 g/mol. The van der Waals surface area contributed by atoms with E-state index in [-0.39, 0.29) is 5.56 Å². The molecular formula is C13H11F3OS. The Balaban J connectivity index is 2.39. The molecule has 5 heteroatoms. The lowest BCUT2D eigenvalue weighted by Gasteiger charge is -2.10. The molecule has 0 spiro atoms. The zero-order valence-corrected chi connectivity index (χ0v) is 10.4. The smallest absolute Gasteiger partial charge is 0.161 e. The molecule has 0 amide bonds. The number of hydrogen-bond acceptors (Lipinski definition) is 2. The maximum atomic E-state index is 13.5. The molecule has 1 nitrogen and oxygen atoms in total. The van der Waals surface area contributed by atoms with Crippen molar-refractivity contribution >= 4 is 11.3 Å². The van der Waals surface area contributed by atoms with Crippen LogP contribution in [0.1, 0.15) is 28.3 Å². The van der Waals surface area contributed by atoms with E-state index in [0.29, 0.717) is 17.0 Å². The Bertz CT molecular complexity index is 565. The molecule has 18 heavy (non-hydrogen) atoms. The summed E-state index contributed by atoms with van der Waals surface area (Å²) < 4.78 is 39.3. The fourth-order valence-electron chi connectivity index (χ4n) is 1.63. The van der Waals surface area contributed by atoms with Crippen molar-refractivity contribution in [1.29, 1.82) is 0 Å². The van der Waals surface area contributed by atoms with Gasteiger partial charge in [-0.3, -0.25) is 0 Å². The largest absolute Gasteiger partial charge is 0.383 e. The second-order valence-electron chi connectivity index (χ2n) is 3.85. The lowest BCUT2D eigenvalue weighted by atomic mass is 10.1. The maximum absolute atomic E-state index is 13.5. The van der Waals surface area contributed by atoms with Gasteiger partial charge in [-0.2, -0.15) is 0 Å². The van der Waals surface area contributed by atoms with Gasteiger partial charge in [-0.05, 0) is 24.6 Å². The zero-order valence-electron chi connectivity index (χ0n) is 9.58. The molecule has 1 N–H and O–H groups in total. The fourth-order valence-corrected chi connectivity index (χ4v) is 2.59. The second-order valence-corrected chi connectivity index (χ2v) is 5.05. The maximum Gasteiger partial charge on any atom is 0.161 e. The Hall–Kier alpha value is -1.33. The van der Waals surface area contributed by atoms with E-state index in [9.17, 15) is 18.3 Å². The summed E-state index contributed by atoms with van der Waals surface area (Å²) >= 11 is 1.32. The van der Waals surface area contributed by atoms with Gasteiger partial charge in [-0.1, -0.05) is 6.92 Å². The number of hydrogen-bond donors (Lipinski definition) is 1. The first-order chi connectivity index (χ1) is 8.52. The first-order valence-corrected chi connectivity index (χ1v) is 6.25. The van der Waals surface area contributed by atoms with Gasteiger partial charge < -0.3 is 5.11 Å². The number of aryl methyl sites for hydroxylation is 1. The molecule has 0 fully saturated rings. The molecule has 0 saturated heterocycles. The zero-order chi connectivity index (χ0) is 13.3. The van der Waals surface area contributed by atoms with Gasteiger partial charge in [0.2, 0.25) is 0 Å². The molecule has 1 atom stereocenters. The number of aliphatic hydroxyl groups is 1. The van der Waals surface area contributed by atoms with Crippen LogP contribution in [0.4, 0.5) is 13.2 Å². The van der Waals surface area contributed by atoms with E-state index in [4.69, 9.17) is 0 Å². The highest BCUT2D eigenvalue weighted by atomic mass is 32.1. The van der Waals surface area contributed by atoms with Gasteiger partial charge in [0.15, 0.2) is 11.6 Å². The molecule has 0 aliphatic heterocycles. The van der Waals surface area contributed by atoms with Gasteiger partial charge >= 0.3 is 0 Å². The van der Waals surface area contributed by atoms with Crippen molar-refractivity contribution < 1.29 is 18.3 Å². The molecule has 2 aromatic rings. The number of benzene rings is 1. The van der Waals surface area contributed by atoms with Crippen molar-refractivity contribution in [1.82, 2.24) is 0 Å². The van der Waals surface area contributed by atoms with E-state index >= 15 is 0 Å². The van der Waals surface area contributed by atoms with E-state index in [1.54, 1.807) is 6.07 Å². The standard InChI is InChI=1S/C13H11F3OS/c1-2-7-3-4-12(18-7)13(17)8-5-10(15)11(16)6-9(8)14/h3-6,13,17H,2H2,1H3. The van der Waals surface area contributed by atoms with Crippen LogP contribution in [0.5, 0.6) is 0 Å². The molecule has 2 rings (SSSR count). The molecule has 0 radical (unpaired) electrons. The number of halogens is 3. The molecule has 96 valence electrons. The Morgan fingerprint density at radius 3 is 2.39 bits per heavy atom. The van der Waals surface area contributed by atoms with Gasteiger partial charge in [-0.25, -0.2) is 13.2 Å². The molecule has 1 unspecified atom stereocenters. The molecule has 0 aliphatic rings. The van der Waals surface area contributed by atoms with Crippen molar-refractivity contribution in [2.45, 2.75) is 19.4 Å². The Kier molecular flexibility index (Phi) is 3.73. The highest BCUT2D eigenvalue weighted by Crippen LogP contribution is 2.31. The summed E-state index contributed by atoms with van der Waals surface area (Å²) in [7, 11) is 0. The van der Waals surface area contributed by atoms with Crippen LogP contribution in [0.2, 0.25) is 0 Å². The Labute approximate surface area is 107 Å². The summed E-state index contributed by atoms with van der Waals surface area (Å²) in [6, 6.07) is 4.62. The van der Waals surface area contributed by atoms with E-state index in [1.807, 2.05) is 13.0 Å². The monoisotopic (exact) mass is 272 g/mol. The average Bonchev–Trinajstić information content (AvgIpc) is 2.81. The highest BCUT2D eigenvalue weighted by Gasteiger charge is 2.19. The van der Waals surface area contributed by atoms with Crippen LogP contribution < -0.4 is 0 Å². The quantitative estimate of drug-likeness (QED) is 0.842. The minimum Gasteiger partial charge on any atom is -0.383 e. The predicted octanol–water partition coefficient (Wildman–Crippen LogP) is 3.81. The molecule has 0 aliphatic carbocycles. The molecule has 0 saturated carbocycles. The van der Waals surface area contributed by atoms with E-state index in [1.165, 1.54) is 11.3 Å². The highest BCUT2D eigenvalue weighted by molar-refractivity contribution is 7.12. The van der Waals surface area contributed by atoms with Crippen molar-refractivity contribution in [3.05, 3.63) is 57.0 Å². The van der Waals surface area contributed by atoms with Crippen molar-refractivity contribution in [2.24, 2.45) is 0 Å². The van der Waals surface area contributed by atoms with Crippen LogP contribution in [0, 0.1) is 17.5 Å². The molecule has 1 aromatic carbocycles. The normalized spacial score (nSPS) is 12.7. The third kappa shape index (κ3) is 2.42. The minimum atomic E-state index is -1.27. The van der Waals surface area contributed by atoms with Gasteiger partial charge in [0.05, 0.1) is 0 Å². The summed E-state index contributed by atoms with van der Waals surface area (Å²) in [6.45, 7) is 1.96. The van der Waals surface area contributed by atoms with Gasteiger partial charge in [0.25, 0.3) is 0 Å². The third-order valence-corrected chi connectivity index (χ3v) is 3.92. The van der Waals surface area contributed by atoms with Gasteiger partial charge in [0.1, 0.15) is 11.9 Å². The van der Waals surface area contributed by atoms with Gasteiger partial charge in [-0.15, -0.1) is 11.3 Å². The molecule has 1 aromatic heterocycles. The van der Waals surface area contributed by atoms with Crippen molar-refractivity contribution in [2.75, 3.05) is 0 Å². The Morgan fingerprint density at radius 1 is 1.11 bits per heavy atom. The number of rotatable bonds is 3. The minimum absolute atomic E-state index is 0.251. The van der Waals surface area contributed by atoms with E-state index in [0.717, 1.165) is 11.3 Å². The average molecular weight is 272 g/mol. The van der Waals surface area contributed by atoms with Crippen LogP contribution in [0.3, 0.4) is 0 Å². The summed E-state index contributed by atoms with van der Waals surface area (Å²) in [5.74, 6) is -3.38. The van der Waals surface area contributed by atoms with Crippen LogP contribution in [-0.2, 0) is 6.42 Å². The van der Waals surface area contributed by atoms with E-state index < -0.39 is 23.6 Å². The van der Waals surface area contributed by atoms with Crippen molar-refractivity contribution in [3.8, 4) is 0 Å². The first-order valence-electron chi connectivity index (χ1n) is 5.44. The summed E-state index contributed by atoms with van der Waals surface area (Å²) in [6.07, 6.45) is -0.470. The second kappa shape index (κ2) is 5.12. The lowest BCUT2D eigenvalue weighted by Crippen LogP contribution is -2.03. The SMILES string of the molecule is CCc1ccc(C(O)c2cc(F)c(F)cc2F)s1. The van der Waals surface area contributed by atoms with Crippen molar-refractivity contribution in [3.63, 3.8) is 0 Å². The summed E-state index contributed by atoms with van der Waals surface area (Å²) in [4.78, 5) is 1.55. The number of thiophene rings is 1. The van der Waals surface area contributed by atoms with Crippen LogP contribution in [-0.4, -0.2) is 5.11 Å². The van der Waals surface area contributed by atoms with Crippen LogP contribution in [0.15, 0.2) is 24.3 Å². The third-order valence-electron chi connectivity index (χ3n) is 2.63. The lowest BCUT2D eigenvalue weighted by molar-refractivity contribution is 0.217. The van der Waals surface area contributed by atoms with Crippen LogP contribution >= 0.6 is 11.3 Å². The fraction of sp³-hybridized carbons (Fsp3) is 0.231. The molecule has 1 heterocycles. The molecule has 0 bridgehead atoms.